The van der Waals surface area contributed by atoms with Crippen molar-refractivity contribution in [2.24, 2.45) is 5.92 Å². The summed E-state index contributed by atoms with van der Waals surface area (Å²) in [4.78, 5) is 2.60. The van der Waals surface area contributed by atoms with Gasteiger partial charge >= 0.3 is 0 Å². The monoisotopic (exact) mass is 139 g/mol. The molecule has 2 fully saturated rings. The molecule has 58 valence electrons. The van der Waals surface area contributed by atoms with Crippen LogP contribution in [-0.2, 0) is 0 Å². The predicted molar refractivity (Wildman–Crippen MR) is 43.0 cm³/mol. The van der Waals surface area contributed by atoms with E-state index in [0.29, 0.717) is 0 Å². The van der Waals surface area contributed by atoms with Gasteiger partial charge in [0.05, 0.1) is 0 Å². The molecule has 1 heteroatoms. The predicted octanol–water partition coefficient (Wildman–Crippen LogP) is 1.88. The van der Waals surface area contributed by atoms with Gasteiger partial charge in [0.25, 0.3) is 0 Å². The van der Waals surface area contributed by atoms with Crippen LogP contribution in [-0.4, -0.2) is 24.0 Å². The van der Waals surface area contributed by atoms with Gasteiger partial charge in [-0.2, -0.15) is 0 Å². The van der Waals surface area contributed by atoms with E-state index < -0.39 is 0 Å². The van der Waals surface area contributed by atoms with Gasteiger partial charge in [-0.1, -0.05) is 6.92 Å². The lowest BCUT2D eigenvalue weighted by atomic mass is 9.93. The van der Waals surface area contributed by atoms with Gasteiger partial charge in [0.2, 0.25) is 0 Å². The van der Waals surface area contributed by atoms with Crippen molar-refractivity contribution in [3.05, 3.63) is 0 Å². The van der Waals surface area contributed by atoms with E-state index in [1.807, 2.05) is 0 Å². The minimum Gasteiger partial charge on any atom is -0.300 e. The van der Waals surface area contributed by atoms with E-state index in [1.165, 1.54) is 25.7 Å². The second kappa shape index (κ2) is 2.23. The van der Waals surface area contributed by atoms with Crippen molar-refractivity contribution in [1.82, 2.24) is 4.90 Å². The van der Waals surface area contributed by atoms with Gasteiger partial charge in [-0.05, 0) is 38.6 Å². The second-order valence-electron chi connectivity index (χ2n) is 4.13. The van der Waals surface area contributed by atoms with Crippen LogP contribution in [0, 0.1) is 5.92 Å². The maximum Gasteiger partial charge on any atom is 0.00982 e. The molecule has 0 aromatic carbocycles. The molecule has 2 heterocycles. The molecule has 0 aromatic heterocycles. The average molecular weight is 139 g/mol. The summed E-state index contributed by atoms with van der Waals surface area (Å²) in [7, 11) is 2.30. The van der Waals surface area contributed by atoms with Crippen molar-refractivity contribution in [2.75, 3.05) is 7.05 Å². The molecule has 0 aliphatic carbocycles. The summed E-state index contributed by atoms with van der Waals surface area (Å²) in [5.41, 5.74) is 0. The lowest BCUT2D eigenvalue weighted by molar-refractivity contribution is 0.142. The first-order valence-corrected chi connectivity index (χ1v) is 4.49. The zero-order valence-electron chi connectivity index (χ0n) is 7.01. The van der Waals surface area contributed by atoms with Crippen LogP contribution in [0.5, 0.6) is 0 Å². The van der Waals surface area contributed by atoms with Crippen LogP contribution in [0.15, 0.2) is 0 Å². The Hall–Kier alpha value is -0.0400. The Kier molecular flexibility index (Phi) is 1.48. The quantitative estimate of drug-likeness (QED) is 0.495. The molecule has 2 aliphatic rings. The van der Waals surface area contributed by atoms with Crippen molar-refractivity contribution >= 4 is 0 Å². The Morgan fingerprint density at radius 1 is 1.10 bits per heavy atom. The molecule has 0 amide bonds. The number of fused-ring (bicyclic) bond motifs is 2. The molecule has 3 atom stereocenters. The largest absolute Gasteiger partial charge is 0.300 e. The van der Waals surface area contributed by atoms with E-state index in [0.717, 1.165) is 18.0 Å². The first-order chi connectivity index (χ1) is 4.77. The van der Waals surface area contributed by atoms with Crippen molar-refractivity contribution in [3.63, 3.8) is 0 Å². The Balaban J connectivity index is 2.09. The molecule has 0 saturated carbocycles. The van der Waals surface area contributed by atoms with Crippen molar-refractivity contribution in [3.8, 4) is 0 Å². The minimum atomic E-state index is 0.939. The van der Waals surface area contributed by atoms with Crippen LogP contribution < -0.4 is 0 Å². The van der Waals surface area contributed by atoms with E-state index in [4.69, 9.17) is 0 Å². The molecule has 0 spiro atoms. The van der Waals surface area contributed by atoms with E-state index in [9.17, 15) is 0 Å². The third-order valence-corrected chi connectivity index (χ3v) is 3.33. The third kappa shape index (κ3) is 0.878. The average Bonchev–Trinajstić information content (AvgIpc) is 2.20. The lowest BCUT2D eigenvalue weighted by Crippen LogP contribution is -2.39. The Labute approximate surface area is 63.4 Å². The van der Waals surface area contributed by atoms with Crippen LogP contribution >= 0.6 is 0 Å². The number of hydrogen-bond acceptors (Lipinski definition) is 1. The van der Waals surface area contributed by atoms with Gasteiger partial charge in [0.15, 0.2) is 0 Å². The first kappa shape index (κ1) is 6.66. The molecular weight excluding hydrogens is 122 g/mol. The third-order valence-electron chi connectivity index (χ3n) is 3.33. The zero-order chi connectivity index (χ0) is 7.14. The maximum atomic E-state index is 2.60. The molecule has 2 unspecified atom stereocenters. The summed E-state index contributed by atoms with van der Waals surface area (Å²) in [5, 5.41) is 0. The van der Waals surface area contributed by atoms with Crippen molar-refractivity contribution in [1.29, 1.82) is 0 Å². The number of rotatable bonds is 0. The standard InChI is InChI=1S/C9H17N/c1-7-5-8-3-4-9(6-7)10(8)2/h7-9H,3-6H2,1-2H3/t7?,8-,9?/m1/s1. The summed E-state index contributed by atoms with van der Waals surface area (Å²) in [5.74, 6) is 0.994. The summed E-state index contributed by atoms with van der Waals surface area (Å²) < 4.78 is 0. The van der Waals surface area contributed by atoms with Gasteiger partial charge in [-0.25, -0.2) is 0 Å². The molecule has 2 saturated heterocycles. The smallest absolute Gasteiger partial charge is 0.00982 e. The fraction of sp³-hybridized carbons (Fsp3) is 1.00. The normalized spacial score (nSPS) is 48.0. The Morgan fingerprint density at radius 2 is 1.60 bits per heavy atom. The molecular formula is C9H17N. The van der Waals surface area contributed by atoms with Crippen molar-refractivity contribution < 1.29 is 0 Å². The van der Waals surface area contributed by atoms with Crippen LogP contribution in [0.4, 0.5) is 0 Å². The molecule has 0 N–H and O–H groups in total. The summed E-state index contributed by atoms with van der Waals surface area (Å²) >= 11 is 0. The second-order valence-corrected chi connectivity index (χ2v) is 4.13. The van der Waals surface area contributed by atoms with E-state index in [1.54, 1.807) is 0 Å². The zero-order valence-corrected chi connectivity index (χ0v) is 7.01. The van der Waals surface area contributed by atoms with Gasteiger partial charge < -0.3 is 4.90 Å². The van der Waals surface area contributed by atoms with Crippen molar-refractivity contribution in [2.45, 2.75) is 44.7 Å². The highest BCUT2D eigenvalue weighted by Gasteiger charge is 2.36. The topological polar surface area (TPSA) is 3.24 Å². The molecule has 2 bridgehead atoms. The first-order valence-electron chi connectivity index (χ1n) is 4.49. The molecule has 10 heavy (non-hydrogen) atoms. The summed E-state index contributed by atoms with van der Waals surface area (Å²) in [6.45, 7) is 2.40. The van der Waals surface area contributed by atoms with E-state index in [-0.39, 0.29) is 0 Å². The minimum absolute atomic E-state index is 0.939. The van der Waals surface area contributed by atoms with Crippen LogP contribution in [0.3, 0.4) is 0 Å². The van der Waals surface area contributed by atoms with Gasteiger partial charge in [0, 0.05) is 12.1 Å². The fourth-order valence-corrected chi connectivity index (χ4v) is 2.68. The number of nitrogens with zero attached hydrogens (tertiary/aromatic N) is 1. The number of hydrogen-bond donors (Lipinski definition) is 0. The highest BCUT2D eigenvalue weighted by molar-refractivity contribution is 4.91. The number of piperidine rings is 1. The fourth-order valence-electron chi connectivity index (χ4n) is 2.68. The molecule has 2 rings (SSSR count). The summed E-state index contributed by atoms with van der Waals surface area (Å²) in [6, 6.07) is 1.88. The lowest BCUT2D eigenvalue weighted by Gasteiger charge is -2.34. The maximum absolute atomic E-state index is 2.60. The highest BCUT2D eigenvalue weighted by atomic mass is 15.2. The van der Waals surface area contributed by atoms with Gasteiger partial charge in [0.1, 0.15) is 0 Å². The van der Waals surface area contributed by atoms with E-state index in [2.05, 4.69) is 18.9 Å². The Bertz CT molecular complexity index is 119. The molecule has 2 aliphatic heterocycles. The van der Waals surface area contributed by atoms with Gasteiger partial charge in [-0.15, -0.1) is 0 Å². The molecule has 1 nitrogen and oxygen atoms in total. The summed E-state index contributed by atoms with van der Waals surface area (Å²) in [6.07, 6.45) is 5.83. The van der Waals surface area contributed by atoms with Gasteiger partial charge in [-0.3, -0.25) is 0 Å². The molecule has 0 radical (unpaired) electrons. The van der Waals surface area contributed by atoms with Crippen LogP contribution in [0.25, 0.3) is 0 Å². The van der Waals surface area contributed by atoms with Crippen LogP contribution in [0.1, 0.15) is 32.6 Å². The SMILES string of the molecule is CC1CC2CC[C@H](C1)N2C. The molecule has 0 aromatic rings. The Morgan fingerprint density at radius 3 is 2.10 bits per heavy atom. The van der Waals surface area contributed by atoms with E-state index >= 15 is 0 Å². The van der Waals surface area contributed by atoms with Crippen LogP contribution in [0.2, 0.25) is 0 Å². The highest BCUT2D eigenvalue weighted by Crippen LogP contribution is 2.36.